The number of alkyl carbamates (subject to hydrolysis) is 1. The summed E-state index contributed by atoms with van der Waals surface area (Å²) in [6.07, 6.45) is 1.44. The van der Waals surface area contributed by atoms with Gasteiger partial charge in [-0.05, 0) is 57.0 Å². The van der Waals surface area contributed by atoms with Crippen LogP contribution in [-0.4, -0.2) is 32.4 Å². The van der Waals surface area contributed by atoms with Crippen LogP contribution in [0.1, 0.15) is 70.4 Å². The molecule has 0 aliphatic heterocycles. The van der Waals surface area contributed by atoms with Crippen molar-refractivity contribution in [2.75, 3.05) is 6.61 Å². The third-order valence-electron chi connectivity index (χ3n) is 6.56. The van der Waals surface area contributed by atoms with E-state index in [1.54, 1.807) is 0 Å². The molecule has 5 nitrogen and oxygen atoms in total. The Morgan fingerprint density at radius 1 is 0.917 bits per heavy atom. The van der Waals surface area contributed by atoms with E-state index in [9.17, 15) is 9.59 Å². The molecule has 0 radical (unpaired) electrons. The summed E-state index contributed by atoms with van der Waals surface area (Å²) < 4.78 is 12.2. The average molecular weight is 510 g/mol. The molecule has 2 aromatic rings. The van der Waals surface area contributed by atoms with Gasteiger partial charge in [0.05, 0.1) is 6.04 Å². The standard InChI is InChI=1S/C30H43NO4Si/c1-22(27(32)24-18-14-11-15-19-24)20-25(21-34-36(8,9)30(5,6)7)26(23-16-12-10-13-17-23)31-28(33)35-29(2,3)4/h10-20,25-26H,21H2,1-9H3,(H,31,33)/b22-20+/t25-,26-/m1/s1. The molecular formula is C30H43NO4Si. The van der Waals surface area contributed by atoms with Crippen LogP contribution in [0.4, 0.5) is 4.79 Å². The lowest BCUT2D eigenvalue weighted by Gasteiger charge is -2.38. The van der Waals surface area contributed by atoms with Gasteiger partial charge in [-0.15, -0.1) is 0 Å². The second-order valence-corrected chi connectivity index (χ2v) is 16.6. The molecule has 0 heterocycles. The van der Waals surface area contributed by atoms with Crippen molar-refractivity contribution < 1.29 is 18.8 Å². The summed E-state index contributed by atoms with van der Waals surface area (Å²) in [5.41, 5.74) is 1.53. The number of nitrogens with one attached hydrogen (secondary N) is 1. The zero-order valence-electron chi connectivity index (χ0n) is 23.3. The lowest BCUT2D eigenvalue weighted by molar-refractivity contribution is 0.0482. The van der Waals surface area contributed by atoms with Crippen LogP contribution in [0.5, 0.6) is 0 Å². The summed E-state index contributed by atoms with van der Waals surface area (Å²) in [7, 11) is -2.09. The number of ether oxygens (including phenoxy) is 1. The Kier molecular flexibility index (Phi) is 9.86. The molecule has 0 spiro atoms. The van der Waals surface area contributed by atoms with Gasteiger partial charge < -0.3 is 14.5 Å². The fourth-order valence-electron chi connectivity index (χ4n) is 3.51. The Morgan fingerprint density at radius 2 is 1.44 bits per heavy atom. The Labute approximate surface area is 218 Å². The number of Topliss-reactive ketones (excluding diaryl/α,β-unsaturated/α-hetero) is 1. The van der Waals surface area contributed by atoms with Crippen LogP contribution in [0.15, 0.2) is 72.3 Å². The summed E-state index contributed by atoms with van der Waals surface area (Å²) >= 11 is 0. The second-order valence-electron chi connectivity index (χ2n) is 11.8. The predicted molar refractivity (Wildman–Crippen MR) is 150 cm³/mol. The number of hydrogen-bond acceptors (Lipinski definition) is 4. The molecule has 1 N–H and O–H groups in total. The van der Waals surface area contributed by atoms with E-state index in [4.69, 9.17) is 9.16 Å². The van der Waals surface area contributed by atoms with Gasteiger partial charge in [0.2, 0.25) is 0 Å². The van der Waals surface area contributed by atoms with Crippen molar-refractivity contribution >= 4 is 20.2 Å². The zero-order valence-corrected chi connectivity index (χ0v) is 24.3. The van der Waals surface area contributed by atoms with Gasteiger partial charge in [-0.1, -0.05) is 87.5 Å². The van der Waals surface area contributed by atoms with E-state index in [0.717, 1.165) is 5.56 Å². The maximum atomic E-state index is 13.2. The van der Waals surface area contributed by atoms with Crippen molar-refractivity contribution in [1.82, 2.24) is 5.32 Å². The molecule has 196 valence electrons. The van der Waals surface area contributed by atoms with E-state index in [0.29, 0.717) is 17.7 Å². The highest BCUT2D eigenvalue weighted by Crippen LogP contribution is 2.38. The smallest absolute Gasteiger partial charge is 0.408 e. The lowest BCUT2D eigenvalue weighted by atomic mass is 9.90. The van der Waals surface area contributed by atoms with Gasteiger partial charge in [0.15, 0.2) is 14.1 Å². The van der Waals surface area contributed by atoms with Crippen LogP contribution in [0.25, 0.3) is 0 Å². The molecule has 36 heavy (non-hydrogen) atoms. The summed E-state index contributed by atoms with van der Waals surface area (Å²) in [6.45, 7) is 18.7. The van der Waals surface area contributed by atoms with Gasteiger partial charge in [0, 0.05) is 18.1 Å². The first-order chi connectivity index (χ1) is 16.6. The Balaban J connectivity index is 2.50. The highest BCUT2D eigenvalue weighted by atomic mass is 28.4. The van der Waals surface area contributed by atoms with E-state index in [2.05, 4.69) is 39.2 Å². The van der Waals surface area contributed by atoms with E-state index in [-0.39, 0.29) is 16.7 Å². The minimum Gasteiger partial charge on any atom is -0.444 e. The molecule has 1 amide bonds. The Bertz CT molecular complexity index is 1030. The van der Waals surface area contributed by atoms with Gasteiger partial charge in [0.1, 0.15) is 5.60 Å². The normalized spacial score (nSPS) is 14.6. The van der Waals surface area contributed by atoms with Crippen LogP contribution in [-0.2, 0) is 9.16 Å². The van der Waals surface area contributed by atoms with Crippen LogP contribution < -0.4 is 5.32 Å². The molecular weight excluding hydrogens is 466 g/mol. The number of ketones is 1. The van der Waals surface area contributed by atoms with Gasteiger partial charge in [-0.3, -0.25) is 4.79 Å². The molecule has 2 aromatic carbocycles. The first-order valence-corrected chi connectivity index (χ1v) is 15.5. The van der Waals surface area contributed by atoms with Gasteiger partial charge in [-0.2, -0.15) is 0 Å². The fourth-order valence-corrected chi connectivity index (χ4v) is 4.55. The molecule has 0 saturated carbocycles. The third kappa shape index (κ3) is 8.75. The minimum atomic E-state index is -2.09. The van der Waals surface area contributed by atoms with Gasteiger partial charge in [-0.25, -0.2) is 4.79 Å². The first-order valence-electron chi connectivity index (χ1n) is 12.6. The maximum Gasteiger partial charge on any atom is 0.408 e. The molecule has 0 bridgehead atoms. The van der Waals surface area contributed by atoms with Crippen LogP contribution in [0.2, 0.25) is 18.1 Å². The van der Waals surface area contributed by atoms with Crippen molar-refractivity contribution in [2.24, 2.45) is 5.92 Å². The van der Waals surface area contributed by atoms with Gasteiger partial charge in [0.25, 0.3) is 0 Å². The number of benzene rings is 2. The van der Waals surface area contributed by atoms with E-state index in [1.165, 1.54) is 0 Å². The molecule has 0 saturated heterocycles. The molecule has 0 aliphatic rings. The molecule has 0 fully saturated rings. The van der Waals surface area contributed by atoms with Crippen LogP contribution >= 0.6 is 0 Å². The molecule has 0 unspecified atom stereocenters. The Morgan fingerprint density at radius 3 is 1.94 bits per heavy atom. The number of carbonyl (C=O) groups excluding carboxylic acids is 2. The van der Waals surface area contributed by atoms with E-state index < -0.39 is 26.1 Å². The molecule has 0 aromatic heterocycles. The third-order valence-corrected chi connectivity index (χ3v) is 11.1. The van der Waals surface area contributed by atoms with Crippen molar-refractivity contribution in [3.05, 3.63) is 83.4 Å². The van der Waals surface area contributed by atoms with Gasteiger partial charge >= 0.3 is 6.09 Å². The summed E-state index contributed by atoms with van der Waals surface area (Å²) in [6, 6.07) is 18.6. The van der Waals surface area contributed by atoms with Crippen molar-refractivity contribution in [3.63, 3.8) is 0 Å². The Hall–Kier alpha value is -2.70. The molecule has 2 atom stereocenters. The average Bonchev–Trinajstić information content (AvgIpc) is 2.79. The van der Waals surface area contributed by atoms with Crippen molar-refractivity contribution in [3.8, 4) is 0 Å². The topological polar surface area (TPSA) is 64.6 Å². The summed E-state index contributed by atoms with van der Waals surface area (Å²) in [5.74, 6) is -0.335. The largest absolute Gasteiger partial charge is 0.444 e. The summed E-state index contributed by atoms with van der Waals surface area (Å²) in [4.78, 5) is 26.1. The van der Waals surface area contributed by atoms with Crippen molar-refractivity contribution in [1.29, 1.82) is 0 Å². The number of hydrogen-bond donors (Lipinski definition) is 1. The number of allylic oxidation sites excluding steroid dienone is 1. The fraction of sp³-hybridized carbons (Fsp3) is 0.467. The quantitative estimate of drug-likeness (QED) is 0.213. The molecule has 6 heteroatoms. The molecule has 0 aliphatic carbocycles. The summed E-state index contributed by atoms with van der Waals surface area (Å²) in [5, 5.41) is 3.09. The molecule has 2 rings (SSSR count). The number of carbonyl (C=O) groups is 2. The van der Waals surface area contributed by atoms with Crippen LogP contribution in [0, 0.1) is 5.92 Å². The first kappa shape index (κ1) is 29.5. The highest BCUT2D eigenvalue weighted by molar-refractivity contribution is 6.74. The monoisotopic (exact) mass is 509 g/mol. The van der Waals surface area contributed by atoms with Crippen molar-refractivity contribution in [2.45, 2.75) is 78.2 Å². The van der Waals surface area contributed by atoms with E-state index >= 15 is 0 Å². The highest BCUT2D eigenvalue weighted by Gasteiger charge is 2.38. The van der Waals surface area contributed by atoms with E-state index in [1.807, 2.05) is 94.4 Å². The maximum absolute atomic E-state index is 13.2. The SMILES string of the molecule is C/C(=C\[C@H](CO[Si](C)(C)C(C)(C)C)[C@H](NC(=O)OC(C)(C)C)c1ccccc1)C(=O)c1ccccc1. The van der Waals surface area contributed by atoms with Crippen LogP contribution in [0.3, 0.4) is 0 Å². The minimum absolute atomic E-state index is 0.0248. The second kappa shape index (κ2) is 12.0. The number of amides is 1. The zero-order chi connectivity index (χ0) is 27.1. The number of rotatable bonds is 9. The predicted octanol–water partition coefficient (Wildman–Crippen LogP) is 7.72. The lowest BCUT2D eigenvalue weighted by Crippen LogP contribution is -2.44.